The van der Waals surface area contributed by atoms with Crippen LogP contribution in [-0.4, -0.2) is 64.1 Å². The minimum atomic E-state index is -2.99. The highest BCUT2D eigenvalue weighted by molar-refractivity contribution is 7.92. The van der Waals surface area contributed by atoms with Crippen LogP contribution in [0.4, 0.5) is 0 Å². The number of nitrogens with zero attached hydrogens (tertiary/aromatic N) is 7. The van der Waals surface area contributed by atoms with Crippen LogP contribution in [0.5, 0.6) is 0 Å². The smallest absolute Gasteiger partial charge is 0.225 e. The molecule has 3 aromatic heterocycles. The van der Waals surface area contributed by atoms with Gasteiger partial charge in [0.2, 0.25) is 5.91 Å². The maximum Gasteiger partial charge on any atom is 0.225 e. The number of sulfone groups is 1. The van der Waals surface area contributed by atoms with E-state index in [1.165, 1.54) is 6.42 Å². The number of nitriles is 3. The van der Waals surface area contributed by atoms with Crippen molar-refractivity contribution in [3.05, 3.63) is 180 Å². The highest BCUT2D eigenvalue weighted by Crippen LogP contribution is 2.53. The molecule has 3 aromatic carbocycles. The highest BCUT2D eigenvalue weighted by Gasteiger charge is 2.54. The molecule has 6 aliphatic rings. The number of carbonyl (C=O) groups excluding carboxylic acids is 2. The lowest BCUT2D eigenvalue weighted by Crippen LogP contribution is -2.43. The molecule has 4 saturated carbocycles. The number of benzene rings is 3. The summed E-state index contributed by atoms with van der Waals surface area (Å²) in [5.41, 5.74) is 10.1. The second kappa shape index (κ2) is 27.3. The van der Waals surface area contributed by atoms with Crippen molar-refractivity contribution >= 4 is 39.8 Å². The van der Waals surface area contributed by atoms with Gasteiger partial charge in [-0.3, -0.25) is 24.5 Å². The SMILES string of the molecule is C[C@H]1[C@H](/C=C/c2ccc(-c3ccccc3C#N)cn2)[C@H]2[C@@H](C[C@@H]1C)CS(=O)(=O)[C@@H]2C.C[C@H]1[C@H](/C=C/c2ccc(-c3ccccc3C#N)cn2)[C@H]2[C@@H](C[C@@H]1C)N(C)C(=O)[C@@H]2C.C[C@H]1[C@H](/C=C/c2ccc(-c3ccccc3C#N)cn2)[C@H]2[C@H](CC(=O)[C@@H]2C)C[C@@H]1C. The Morgan fingerprint density at radius 2 is 0.865 bits per heavy atom. The molecular formula is C77H85N7O4S. The molecule has 0 spiro atoms. The summed E-state index contributed by atoms with van der Waals surface area (Å²) in [5, 5.41) is 27.7. The number of amides is 1. The Labute approximate surface area is 528 Å². The Hall–Kier alpha value is -8.11. The van der Waals surface area contributed by atoms with Crippen molar-refractivity contribution in [2.75, 3.05) is 12.8 Å². The topological polar surface area (TPSA) is 182 Å². The van der Waals surface area contributed by atoms with Gasteiger partial charge >= 0.3 is 0 Å². The molecule has 0 unspecified atom stereocenters. The Morgan fingerprint density at radius 1 is 0.483 bits per heavy atom. The van der Waals surface area contributed by atoms with E-state index in [1.54, 1.807) is 6.20 Å². The number of allylic oxidation sites excluding steroid dienone is 3. The molecule has 5 heterocycles. The molecule has 0 N–H and O–H groups in total. The molecule has 0 radical (unpaired) electrons. The summed E-state index contributed by atoms with van der Waals surface area (Å²) in [7, 11) is -1.02. The summed E-state index contributed by atoms with van der Waals surface area (Å²) in [4.78, 5) is 40.7. The van der Waals surface area contributed by atoms with Gasteiger partial charge in [0, 0.05) is 83.3 Å². The first-order chi connectivity index (χ1) is 42.7. The van der Waals surface area contributed by atoms with Gasteiger partial charge in [-0.15, -0.1) is 0 Å². The van der Waals surface area contributed by atoms with Crippen LogP contribution in [-0.2, 0) is 19.4 Å². The summed E-state index contributed by atoms with van der Waals surface area (Å²) in [6.45, 7) is 19.9. The van der Waals surface area contributed by atoms with Crippen molar-refractivity contribution in [2.24, 2.45) is 94.7 Å². The van der Waals surface area contributed by atoms with E-state index in [4.69, 9.17) is 0 Å². The number of hydrogen-bond acceptors (Lipinski definition) is 10. The van der Waals surface area contributed by atoms with Gasteiger partial charge in [0.1, 0.15) is 5.78 Å². The molecular weight excluding hydrogens is 1120 g/mol. The predicted molar refractivity (Wildman–Crippen MR) is 355 cm³/mol. The largest absolute Gasteiger partial charge is 0.342 e. The Morgan fingerprint density at radius 3 is 1.27 bits per heavy atom. The Bertz CT molecular complexity index is 3870. The average molecular weight is 1200 g/mol. The van der Waals surface area contributed by atoms with Crippen LogP contribution < -0.4 is 0 Å². The first kappa shape index (κ1) is 63.9. The Balaban J connectivity index is 0.000000147. The number of rotatable bonds is 9. The van der Waals surface area contributed by atoms with Crippen molar-refractivity contribution in [3.63, 3.8) is 0 Å². The van der Waals surface area contributed by atoms with Crippen molar-refractivity contribution in [3.8, 4) is 51.6 Å². The number of likely N-dealkylation sites (tertiary alicyclic amines) is 1. The molecule has 12 heteroatoms. The van der Waals surface area contributed by atoms with E-state index >= 15 is 0 Å². The van der Waals surface area contributed by atoms with Gasteiger partial charge in [-0.1, -0.05) is 146 Å². The molecule has 458 valence electrons. The maximum atomic E-state index is 12.6. The zero-order valence-electron chi connectivity index (χ0n) is 53.2. The highest BCUT2D eigenvalue weighted by atomic mass is 32.2. The quantitative estimate of drug-likeness (QED) is 0.135. The van der Waals surface area contributed by atoms with Crippen molar-refractivity contribution in [2.45, 2.75) is 99.3 Å². The van der Waals surface area contributed by atoms with E-state index in [0.717, 1.165) is 69.7 Å². The molecule has 18 atom stereocenters. The zero-order valence-corrected chi connectivity index (χ0v) is 54.0. The lowest BCUT2D eigenvalue weighted by molar-refractivity contribution is -0.130. The lowest BCUT2D eigenvalue weighted by atomic mass is 9.62. The predicted octanol–water partition coefficient (Wildman–Crippen LogP) is 15.8. The van der Waals surface area contributed by atoms with Gasteiger partial charge in [-0.2, -0.15) is 15.8 Å². The molecule has 89 heavy (non-hydrogen) atoms. The van der Waals surface area contributed by atoms with Gasteiger partial charge in [0.05, 0.1) is 63.0 Å². The van der Waals surface area contributed by atoms with E-state index in [0.29, 0.717) is 99.4 Å². The number of pyridine rings is 3. The van der Waals surface area contributed by atoms with Crippen molar-refractivity contribution < 1.29 is 18.0 Å². The van der Waals surface area contributed by atoms with E-state index in [2.05, 4.69) is 119 Å². The number of fused-ring (bicyclic) bond motifs is 3. The summed E-state index contributed by atoms with van der Waals surface area (Å²) < 4.78 is 25.1. The number of Topliss-reactive ketones (excluding diaryl/α,β-unsaturated/α-hetero) is 1. The third kappa shape index (κ3) is 13.3. The van der Waals surface area contributed by atoms with Crippen LogP contribution in [0, 0.1) is 129 Å². The molecule has 6 aromatic rings. The minimum Gasteiger partial charge on any atom is -0.342 e. The Kier molecular flexibility index (Phi) is 19.6. The fraction of sp³-hybridized carbons (Fsp3) is 0.429. The molecule has 6 fully saturated rings. The first-order valence-electron chi connectivity index (χ1n) is 32.2. The fourth-order valence-electron chi connectivity index (χ4n) is 16.5. The molecule has 4 aliphatic carbocycles. The van der Waals surface area contributed by atoms with Gasteiger partial charge in [-0.25, -0.2) is 8.42 Å². The third-order valence-electron chi connectivity index (χ3n) is 22.2. The number of carbonyl (C=O) groups is 2. The van der Waals surface area contributed by atoms with Crippen LogP contribution in [0.3, 0.4) is 0 Å². The molecule has 0 bridgehead atoms. The summed E-state index contributed by atoms with van der Waals surface area (Å²) >= 11 is 0. The van der Waals surface area contributed by atoms with Crippen molar-refractivity contribution in [1.29, 1.82) is 15.8 Å². The van der Waals surface area contributed by atoms with Crippen LogP contribution in [0.15, 0.2) is 146 Å². The second-order valence-corrected chi connectivity index (χ2v) is 29.4. The van der Waals surface area contributed by atoms with Crippen LogP contribution in [0.25, 0.3) is 51.6 Å². The molecule has 11 nitrogen and oxygen atoms in total. The molecule has 12 rings (SSSR count). The van der Waals surface area contributed by atoms with Crippen LogP contribution in [0.2, 0.25) is 0 Å². The molecule has 2 aliphatic heterocycles. The summed E-state index contributed by atoms with van der Waals surface area (Å²) in [6.07, 6.45) is 22.5. The van der Waals surface area contributed by atoms with Gasteiger partial charge in [0.25, 0.3) is 0 Å². The van der Waals surface area contributed by atoms with Gasteiger partial charge in [-0.05, 0) is 164 Å². The van der Waals surface area contributed by atoms with Crippen LogP contribution >= 0.6 is 0 Å². The second-order valence-electron chi connectivity index (χ2n) is 27.0. The van der Waals surface area contributed by atoms with E-state index < -0.39 is 9.84 Å². The number of hydrogen-bond donors (Lipinski definition) is 0. The standard InChI is InChI=1S/C26H29N3O.C26H28N2O.C25H28N2O2S/c1-16-13-24-25(18(3)26(30)29(24)4)22(17(16)2)12-11-21-10-9-20(15-28-21)23-8-6-5-7-19(23)14-27;1-16-12-21-13-25(29)18(3)26(21)23(17(16)2)11-10-22-9-8-20(15-28-22)24-7-5-4-6-19(24)14-27;1-16-12-21-15-30(28,29)18(3)25(21)23(17(16)2)11-10-22-9-8-20(14-27-22)24-7-5-4-6-19(24)13-26/h5-12,15-18,22,24-25H,13H2,1-4H3;4-11,15-18,21,23,26H,12-13H2,1-3H3;4-11,14,16-18,21,23,25H,12,15H2,1-3H3/b12-11+;2*11-10+/t16-,17+,18+,22-,24+,25-;16-,17+,18-,21-,23-,26+;16-,17+,18+,21-,23-,25+/m000/s1. The maximum absolute atomic E-state index is 12.6. The monoisotopic (exact) mass is 1200 g/mol. The summed E-state index contributed by atoms with van der Waals surface area (Å²) in [6, 6.07) is 41.8. The van der Waals surface area contributed by atoms with E-state index in [1.807, 2.05) is 147 Å². The van der Waals surface area contributed by atoms with E-state index in [-0.39, 0.29) is 40.7 Å². The minimum absolute atomic E-state index is 0.0717. The summed E-state index contributed by atoms with van der Waals surface area (Å²) in [5.74, 6) is 7.45. The van der Waals surface area contributed by atoms with Crippen LogP contribution in [0.1, 0.15) is 122 Å². The van der Waals surface area contributed by atoms with E-state index in [9.17, 15) is 33.8 Å². The average Bonchev–Trinajstić information content (AvgIpc) is 2.50. The number of aromatic nitrogens is 3. The lowest BCUT2D eigenvalue weighted by Gasteiger charge is -2.43. The number of ketones is 1. The fourth-order valence-corrected chi connectivity index (χ4v) is 18.6. The normalized spacial score (nSPS) is 31.7. The molecule has 1 amide bonds. The van der Waals surface area contributed by atoms with Crippen molar-refractivity contribution in [1.82, 2.24) is 19.9 Å². The third-order valence-corrected chi connectivity index (χ3v) is 24.5. The first-order valence-corrected chi connectivity index (χ1v) is 33.9. The van der Waals surface area contributed by atoms with Gasteiger partial charge < -0.3 is 4.90 Å². The van der Waals surface area contributed by atoms with Gasteiger partial charge in [0.15, 0.2) is 9.84 Å². The zero-order chi connectivity index (χ0) is 63.4. The molecule has 2 saturated heterocycles.